The molecule has 0 unspecified atom stereocenters. The van der Waals surface area contributed by atoms with Crippen molar-refractivity contribution in [2.24, 2.45) is 0 Å². The van der Waals surface area contributed by atoms with Gasteiger partial charge in [0.25, 0.3) is 0 Å². The Bertz CT molecular complexity index is 536. The van der Waals surface area contributed by atoms with Crippen molar-refractivity contribution in [3.63, 3.8) is 0 Å². The molecule has 0 saturated carbocycles. The monoisotopic (exact) mass is 291 g/mol. The van der Waals surface area contributed by atoms with Crippen molar-refractivity contribution >= 4 is 6.08 Å². The number of aliphatic hydroxyl groups is 3. The molecule has 1 fully saturated rings. The summed E-state index contributed by atoms with van der Waals surface area (Å²) in [7, 11) is 0. The van der Waals surface area contributed by atoms with Crippen molar-refractivity contribution in [2.45, 2.75) is 37.6 Å². The van der Waals surface area contributed by atoms with Crippen LogP contribution in [-0.4, -0.2) is 46.0 Å². The van der Waals surface area contributed by atoms with Gasteiger partial charge in [0.1, 0.15) is 24.1 Å². The first-order valence-electron chi connectivity index (χ1n) is 6.52. The lowest BCUT2D eigenvalue weighted by atomic mass is 10.00. The van der Waals surface area contributed by atoms with E-state index in [0.717, 1.165) is 5.56 Å². The number of hydrogen-bond donors (Lipinski definition) is 3. The van der Waals surface area contributed by atoms with E-state index in [1.807, 2.05) is 0 Å². The van der Waals surface area contributed by atoms with E-state index in [1.165, 1.54) is 6.20 Å². The molecule has 21 heavy (non-hydrogen) atoms. The molecular formula is C15H17NO5. The highest BCUT2D eigenvalue weighted by molar-refractivity contribution is 5.51. The Labute approximate surface area is 122 Å². The first kappa shape index (κ1) is 15.5. The molecule has 0 spiro atoms. The number of aliphatic hydroxyl groups excluding tert-OH is 3. The first-order chi connectivity index (χ1) is 10.0. The Balaban J connectivity index is 2.04. The average molecular weight is 291 g/mol. The second-order valence-corrected chi connectivity index (χ2v) is 4.81. The van der Waals surface area contributed by atoms with Crippen LogP contribution in [0.25, 0.3) is 10.9 Å². The number of rotatable bonds is 3. The fraction of sp³-hybridized carbons (Fsp3) is 0.400. The second-order valence-electron chi connectivity index (χ2n) is 4.81. The minimum absolute atomic E-state index is 0.454. The standard InChI is InChI=1S/C15H17NO5/c1-9-12(17)13(18)14(19)15(20-9)21-11-5-3-10(4-6-11)7-8-16-2/h3-9,12-15,17-19H,1H3/t9-,12-,13+,14+,15-/m0/s1. The van der Waals surface area contributed by atoms with Crippen molar-refractivity contribution < 1.29 is 24.8 Å². The molecule has 1 aromatic carbocycles. The molecule has 2 rings (SSSR count). The molecule has 1 aliphatic heterocycles. The predicted octanol–water partition coefficient (Wildman–Crippen LogP) is 0.783. The Morgan fingerprint density at radius 1 is 1.14 bits per heavy atom. The molecule has 1 aliphatic rings. The normalized spacial score (nSPS) is 32.8. The summed E-state index contributed by atoms with van der Waals surface area (Å²) in [5.41, 5.74) is 0.840. The number of benzene rings is 1. The van der Waals surface area contributed by atoms with Gasteiger partial charge in [-0.2, -0.15) is 0 Å². The molecule has 0 aromatic heterocycles. The molecule has 1 saturated heterocycles. The molecule has 0 amide bonds. The van der Waals surface area contributed by atoms with Gasteiger partial charge < -0.3 is 24.8 Å². The maximum absolute atomic E-state index is 9.85. The summed E-state index contributed by atoms with van der Waals surface area (Å²) in [6.45, 7) is 8.26. The van der Waals surface area contributed by atoms with Gasteiger partial charge in [-0.3, -0.25) is 0 Å². The Kier molecular flexibility index (Phi) is 4.94. The van der Waals surface area contributed by atoms with Crippen molar-refractivity contribution in [1.82, 2.24) is 0 Å². The molecule has 5 atom stereocenters. The third-order valence-electron chi connectivity index (χ3n) is 3.28. The topological polar surface area (TPSA) is 83.5 Å². The Hall–Kier alpha value is -1.91. The van der Waals surface area contributed by atoms with Gasteiger partial charge in [-0.1, -0.05) is 18.2 Å². The molecule has 0 bridgehead atoms. The fourth-order valence-electron chi connectivity index (χ4n) is 2.03. The van der Waals surface area contributed by atoms with E-state index in [0.29, 0.717) is 5.75 Å². The zero-order valence-corrected chi connectivity index (χ0v) is 11.5. The van der Waals surface area contributed by atoms with Crippen LogP contribution in [0.1, 0.15) is 12.5 Å². The van der Waals surface area contributed by atoms with Gasteiger partial charge in [-0.25, -0.2) is 4.85 Å². The van der Waals surface area contributed by atoms with E-state index >= 15 is 0 Å². The highest BCUT2D eigenvalue weighted by Gasteiger charge is 2.43. The van der Waals surface area contributed by atoms with Crippen LogP contribution in [0.5, 0.6) is 5.75 Å². The van der Waals surface area contributed by atoms with Crippen LogP contribution in [0.15, 0.2) is 30.5 Å². The second kappa shape index (κ2) is 6.70. The minimum Gasteiger partial charge on any atom is -0.462 e. The third kappa shape index (κ3) is 3.60. The molecule has 1 aromatic rings. The van der Waals surface area contributed by atoms with Crippen molar-refractivity contribution in [1.29, 1.82) is 0 Å². The van der Waals surface area contributed by atoms with Crippen LogP contribution in [0.2, 0.25) is 0 Å². The lowest BCUT2D eigenvalue weighted by Crippen LogP contribution is -2.58. The van der Waals surface area contributed by atoms with Crippen LogP contribution >= 0.6 is 0 Å². The SMILES string of the molecule is [C-]#[N+]C=Cc1ccc(O[C@@H]2O[C@@H](C)[C@H](O)[C@@H](O)[C@H]2O)cc1. The number of hydrogen-bond acceptors (Lipinski definition) is 5. The summed E-state index contributed by atoms with van der Waals surface area (Å²) in [6.07, 6.45) is -2.50. The smallest absolute Gasteiger partial charge is 0.229 e. The molecular weight excluding hydrogens is 274 g/mol. The maximum atomic E-state index is 9.85. The van der Waals surface area contributed by atoms with E-state index in [2.05, 4.69) is 4.85 Å². The van der Waals surface area contributed by atoms with Gasteiger partial charge in [0.05, 0.1) is 12.7 Å². The minimum atomic E-state index is -1.34. The van der Waals surface area contributed by atoms with Crippen molar-refractivity contribution in [3.8, 4) is 5.75 Å². The van der Waals surface area contributed by atoms with Crippen LogP contribution in [0.4, 0.5) is 0 Å². The molecule has 0 radical (unpaired) electrons. The van der Waals surface area contributed by atoms with E-state index in [1.54, 1.807) is 37.3 Å². The van der Waals surface area contributed by atoms with Crippen molar-refractivity contribution in [2.75, 3.05) is 0 Å². The van der Waals surface area contributed by atoms with Crippen molar-refractivity contribution in [3.05, 3.63) is 47.4 Å². The third-order valence-corrected chi connectivity index (χ3v) is 3.28. The van der Waals surface area contributed by atoms with Gasteiger partial charge in [0.2, 0.25) is 6.29 Å². The highest BCUT2D eigenvalue weighted by atomic mass is 16.7. The van der Waals surface area contributed by atoms with Gasteiger partial charge in [0, 0.05) is 0 Å². The first-order valence-corrected chi connectivity index (χ1v) is 6.52. The van der Waals surface area contributed by atoms with Crippen LogP contribution < -0.4 is 4.74 Å². The van der Waals surface area contributed by atoms with Crippen LogP contribution in [0.3, 0.4) is 0 Å². The number of ether oxygens (including phenoxy) is 2. The van der Waals surface area contributed by atoms with Gasteiger partial charge >= 0.3 is 0 Å². The Morgan fingerprint density at radius 3 is 2.43 bits per heavy atom. The molecule has 112 valence electrons. The summed E-state index contributed by atoms with van der Waals surface area (Å²) in [5, 5.41) is 29.2. The molecule has 1 heterocycles. The van der Waals surface area contributed by atoms with E-state index in [-0.39, 0.29) is 0 Å². The highest BCUT2D eigenvalue weighted by Crippen LogP contribution is 2.24. The number of nitrogens with zero attached hydrogens (tertiary/aromatic N) is 1. The quantitative estimate of drug-likeness (QED) is 0.717. The molecule has 0 aliphatic carbocycles. The lowest BCUT2D eigenvalue weighted by Gasteiger charge is -2.38. The van der Waals surface area contributed by atoms with E-state index in [9.17, 15) is 15.3 Å². The summed E-state index contributed by atoms with van der Waals surface area (Å²) in [5.74, 6) is 0.454. The zero-order chi connectivity index (χ0) is 15.4. The molecule has 6 nitrogen and oxygen atoms in total. The fourth-order valence-corrected chi connectivity index (χ4v) is 2.03. The summed E-state index contributed by atoms with van der Waals surface area (Å²) in [6, 6.07) is 6.84. The predicted molar refractivity (Wildman–Crippen MR) is 75.1 cm³/mol. The summed E-state index contributed by atoms with van der Waals surface area (Å²) >= 11 is 0. The molecule has 6 heteroatoms. The average Bonchev–Trinajstić information content (AvgIpc) is 2.50. The maximum Gasteiger partial charge on any atom is 0.229 e. The summed E-state index contributed by atoms with van der Waals surface area (Å²) < 4.78 is 10.8. The molecule has 3 N–H and O–H groups in total. The van der Waals surface area contributed by atoms with E-state index < -0.39 is 30.7 Å². The van der Waals surface area contributed by atoms with Gasteiger partial charge in [-0.15, -0.1) is 0 Å². The zero-order valence-electron chi connectivity index (χ0n) is 11.5. The van der Waals surface area contributed by atoms with Crippen LogP contribution in [-0.2, 0) is 4.74 Å². The van der Waals surface area contributed by atoms with Crippen LogP contribution in [0, 0.1) is 6.57 Å². The summed E-state index contributed by atoms with van der Waals surface area (Å²) in [4.78, 5) is 3.11. The lowest BCUT2D eigenvalue weighted by molar-refractivity contribution is -0.268. The van der Waals surface area contributed by atoms with Gasteiger partial charge in [-0.05, 0) is 24.6 Å². The van der Waals surface area contributed by atoms with Gasteiger partial charge in [0.15, 0.2) is 6.20 Å². The largest absolute Gasteiger partial charge is 0.462 e. The van der Waals surface area contributed by atoms with E-state index in [4.69, 9.17) is 16.0 Å². The Morgan fingerprint density at radius 2 is 1.81 bits per heavy atom.